The Labute approximate surface area is 110 Å². The second-order valence-corrected chi connectivity index (χ2v) is 5.37. The zero-order valence-corrected chi connectivity index (χ0v) is 11.5. The normalized spacial score (nSPS) is 22.4. The first kappa shape index (κ1) is 13.4. The summed E-state index contributed by atoms with van der Waals surface area (Å²) in [4.78, 5) is 11.0. The Kier molecular flexibility index (Phi) is 4.30. The van der Waals surface area contributed by atoms with Gasteiger partial charge in [0.05, 0.1) is 17.9 Å². The molecule has 2 atom stereocenters. The van der Waals surface area contributed by atoms with Crippen molar-refractivity contribution in [3.8, 4) is 0 Å². The van der Waals surface area contributed by atoms with Crippen molar-refractivity contribution >= 4 is 0 Å². The van der Waals surface area contributed by atoms with Crippen molar-refractivity contribution < 1.29 is 0 Å². The zero-order valence-electron chi connectivity index (χ0n) is 11.5. The minimum absolute atomic E-state index is 0.0174. The van der Waals surface area contributed by atoms with Crippen molar-refractivity contribution in [3.05, 3.63) is 24.3 Å². The van der Waals surface area contributed by atoms with Gasteiger partial charge in [0.1, 0.15) is 0 Å². The van der Waals surface area contributed by atoms with Crippen LogP contribution in [0, 0.1) is 0 Å². The molecule has 1 fully saturated rings. The lowest BCUT2D eigenvalue weighted by Gasteiger charge is -2.46. The Morgan fingerprint density at radius 2 is 2.06 bits per heavy atom. The molecule has 0 amide bonds. The molecule has 18 heavy (non-hydrogen) atoms. The second-order valence-electron chi connectivity index (χ2n) is 5.37. The smallest absolute Gasteiger partial charge is 0.0772 e. The molecule has 0 bridgehead atoms. The summed E-state index contributed by atoms with van der Waals surface area (Å²) in [6.07, 6.45) is 10.2. The fourth-order valence-electron chi connectivity index (χ4n) is 2.83. The number of hydrogen-bond donors (Lipinski definition) is 1. The molecule has 1 aromatic rings. The van der Waals surface area contributed by atoms with Gasteiger partial charge in [0.25, 0.3) is 0 Å². The summed E-state index contributed by atoms with van der Waals surface area (Å²) in [5, 5.41) is 0. The van der Waals surface area contributed by atoms with Crippen molar-refractivity contribution in [2.24, 2.45) is 5.73 Å². The average Bonchev–Trinajstić information content (AvgIpc) is 2.47. The van der Waals surface area contributed by atoms with Crippen LogP contribution < -0.4 is 5.73 Å². The van der Waals surface area contributed by atoms with E-state index in [1.807, 2.05) is 0 Å². The number of nitrogens with two attached hydrogens (primary N) is 1. The van der Waals surface area contributed by atoms with Crippen molar-refractivity contribution in [3.63, 3.8) is 0 Å². The largest absolute Gasteiger partial charge is 0.321 e. The van der Waals surface area contributed by atoms with Crippen LogP contribution >= 0.6 is 0 Å². The standard InChI is InChI=1S/C14H24N4/c1-3-14(2,18-9-5-4-6-10-18)13(15)12-11-16-7-8-17-12/h7-8,11,13H,3-6,9-10,15H2,1-2H3. The number of piperidine rings is 1. The predicted octanol–water partition coefficient (Wildman–Crippen LogP) is 2.13. The molecule has 2 N–H and O–H groups in total. The van der Waals surface area contributed by atoms with E-state index in [0.717, 1.165) is 25.2 Å². The summed E-state index contributed by atoms with van der Waals surface area (Å²) in [5.74, 6) is 0. The van der Waals surface area contributed by atoms with E-state index in [-0.39, 0.29) is 11.6 Å². The summed E-state index contributed by atoms with van der Waals surface area (Å²) in [5.41, 5.74) is 7.35. The third-order valence-corrected chi connectivity index (χ3v) is 4.37. The van der Waals surface area contributed by atoms with Gasteiger partial charge in [-0.1, -0.05) is 13.3 Å². The molecule has 0 radical (unpaired) electrons. The number of hydrogen-bond acceptors (Lipinski definition) is 4. The summed E-state index contributed by atoms with van der Waals surface area (Å²) < 4.78 is 0. The van der Waals surface area contributed by atoms with E-state index in [9.17, 15) is 0 Å². The molecule has 0 saturated carbocycles. The van der Waals surface area contributed by atoms with Crippen LogP contribution in [0.25, 0.3) is 0 Å². The van der Waals surface area contributed by atoms with Crippen LogP contribution in [0.1, 0.15) is 51.3 Å². The fourth-order valence-corrected chi connectivity index (χ4v) is 2.83. The van der Waals surface area contributed by atoms with Crippen molar-refractivity contribution in [2.45, 2.75) is 51.1 Å². The molecule has 0 aliphatic carbocycles. The van der Waals surface area contributed by atoms with E-state index in [0.29, 0.717) is 0 Å². The molecule has 1 saturated heterocycles. The highest BCUT2D eigenvalue weighted by Crippen LogP contribution is 2.33. The van der Waals surface area contributed by atoms with Gasteiger partial charge in [0.15, 0.2) is 0 Å². The highest BCUT2D eigenvalue weighted by molar-refractivity contribution is 5.10. The summed E-state index contributed by atoms with van der Waals surface area (Å²) in [6.45, 7) is 6.78. The van der Waals surface area contributed by atoms with Gasteiger partial charge in [-0.15, -0.1) is 0 Å². The molecule has 0 aromatic carbocycles. The molecular formula is C14H24N4. The van der Waals surface area contributed by atoms with Gasteiger partial charge in [-0.3, -0.25) is 14.9 Å². The topological polar surface area (TPSA) is 55.0 Å². The van der Waals surface area contributed by atoms with Crippen LogP contribution in [-0.4, -0.2) is 33.5 Å². The van der Waals surface area contributed by atoms with Crippen LogP contribution in [-0.2, 0) is 0 Å². The van der Waals surface area contributed by atoms with Gasteiger partial charge in [0.2, 0.25) is 0 Å². The molecule has 1 aliphatic heterocycles. The fraction of sp³-hybridized carbons (Fsp3) is 0.714. The third-order valence-electron chi connectivity index (χ3n) is 4.37. The van der Waals surface area contributed by atoms with Crippen LogP contribution in [0.2, 0.25) is 0 Å². The highest BCUT2D eigenvalue weighted by Gasteiger charge is 2.38. The zero-order chi connectivity index (χ0) is 13.0. The first-order valence-corrected chi connectivity index (χ1v) is 6.95. The van der Waals surface area contributed by atoms with Crippen LogP contribution in [0.3, 0.4) is 0 Å². The van der Waals surface area contributed by atoms with E-state index < -0.39 is 0 Å². The van der Waals surface area contributed by atoms with Crippen LogP contribution in [0.4, 0.5) is 0 Å². The molecule has 100 valence electrons. The van der Waals surface area contributed by atoms with E-state index in [1.165, 1.54) is 19.3 Å². The molecule has 2 rings (SSSR count). The Balaban J connectivity index is 2.20. The molecule has 4 nitrogen and oxygen atoms in total. The Bertz CT molecular complexity index is 361. The predicted molar refractivity (Wildman–Crippen MR) is 73.1 cm³/mol. The highest BCUT2D eigenvalue weighted by atomic mass is 15.2. The van der Waals surface area contributed by atoms with Gasteiger partial charge in [-0.05, 0) is 39.3 Å². The Hall–Kier alpha value is -1.00. The van der Waals surface area contributed by atoms with E-state index in [1.54, 1.807) is 18.6 Å². The van der Waals surface area contributed by atoms with Crippen molar-refractivity contribution in [1.82, 2.24) is 14.9 Å². The molecule has 2 heterocycles. The number of rotatable bonds is 4. The SMILES string of the molecule is CCC(C)(C(N)c1cnccn1)N1CCCCC1. The van der Waals surface area contributed by atoms with Gasteiger partial charge >= 0.3 is 0 Å². The number of nitrogens with zero attached hydrogens (tertiary/aromatic N) is 3. The third kappa shape index (κ3) is 2.54. The summed E-state index contributed by atoms with van der Waals surface area (Å²) in [6, 6.07) is -0.0747. The molecule has 1 aromatic heterocycles. The van der Waals surface area contributed by atoms with Gasteiger partial charge in [0, 0.05) is 17.9 Å². The first-order valence-electron chi connectivity index (χ1n) is 6.95. The molecule has 1 aliphatic rings. The number of likely N-dealkylation sites (tertiary alicyclic amines) is 1. The van der Waals surface area contributed by atoms with Crippen LogP contribution in [0.15, 0.2) is 18.6 Å². The minimum Gasteiger partial charge on any atom is -0.321 e. The average molecular weight is 248 g/mol. The van der Waals surface area contributed by atoms with Gasteiger partial charge in [-0.2, -0.15) is 0 Å². The Morgan fingerprint density at radius 1 is 1.33 bits per heavy atom. The minimum atomic E-state index is -0.0747. The summed E-state index contributed by atoms with van der Waals surface area (Å²) >= 11 is 0. The lowest BCUT2D eigenvalue weighted by atomic mass is 9.84. The van der Waals surface area contributed by atoms with Crippen LogP contribution in [0.5, 0.6) is 0 Å². The van der Waals surface area contributed by atoms with E-state index >= 15 is 0 Å². The molecule has 4 heteroatoms. The monoisotopic (exact) mass is 248 g/mol. The van der Waals surface area contributed by atoms with E-state index in [2.05, 4.69) is 28.7 Å². The van der Waals surface area contributed by atoms with E-state index in [4.69, 9.17) is 5.73 Å². The van der Waals surface area contributed by atoms with Crippen molar-refractivity contribution in [1.29, 1.82) is 0 Å². The van der Waals surface area contributed by atoms with Gasteiger partial charge in [-0.25, -0.2) is 0 Å². The Morgan fingerprint density at radius 3 is 2.61 bits per heavy atom. The molecular weight excluding hydrogens is 224 g/mol. The lowest BCUT2D eigenvalue weighted by molar-refractivity contribution is 0.0530. The van der Waals surface area contributed by atoms with Crippen molar-refractivity contribution in [2.75, 3.05) is 13.1 Å². The lowest BCUT2D eigenvalue weighted by Crippen LogP contribution is -2.54. The molecule has 2 unspecified atom stereocenters. The first-order chi connectivity index (χ1) is 8.68. The maximum absolute atomic E-state index is 6.47. The maximum atomic E-state index is 6.47. The molecule has 0 spiro atoms. The quantitative estimate of drug-likeness (QED) is 0.887. The second kappa shape index (κ2) is 5.76. The van der Waals surface area contributed by atoms with Gasteiger partial charge < -0.3 is 5.73 Å². The maximum Gasteiger partial charge on any atom is 0.0772 e. The number of aromatic nitrogens is 2. The summed E-state index contributed by atoms with van der Waals surface area (Å²) in [7, 11) is 0.